The van der Waals surface area contributed by atoms with E-state index in [0.29, 0.717) is 0 Å². The lowest BCUT2D eigenvalue weighted by Crippen LogP contribution is -2.55. The molecule has 0 bridgehead atoms. The van der Waals surface area contributed by atoms with Crippen LogP contribution in [-0.4, -0.2) is 68.4 Å². The van der Waals surface area contributed by atoms with Gasteiger partial charge >= 0.3 is 0 Å². The fraction of sp³-hybridized carbons (Fsp3) is 0.875. The number of rotatable bonds is 6. The number of aldehydes is 1. The van der Waals surface area contributed by atoms with Gasteiger partial charge in [0.25, 0.3) is 0 Å². The molecule has 0 aromatic carbocycles. The van der Waals surface area contributed by atoms with E-state index >= 15 is 0 Å². The maximum Gasteiger partial charge on any atom is 0.151 e. The molecule has 15 heavy (non-hydrogen) atoms. The standard InChI is InChI=1S/C8H17NO6/c1-3(11)5(9)7(14)8(15)6(13)4(12)2-10/h2-8,11-15H,9H2,1H3. The Balaban J connectivity index is 4.42. The molecule has 0 amide bonds. The van der Waals surface area contributed by atoms with Crippen molar-refractivity contribution in [3.8, 4) is 0 Å². The molecule has 0 saturated carbocycles. The zero-order valence-corrected chi connectivity index (χ0v) is 8.26. The van der Waals surface area contributed by atoms with Gasteiger partial charge in [0.05, 0.1) is 12.1 Å². The van der Waals surface area contributed by atoms with Crippen molar-refractivity contribution in [3.05, 3.63) is 0 Å². The molecule has 0 heterocycles. The molecule has 7 N–H and O–H groups in total. The molecule has 6 unspecified atom stereocenters. The van der Waals surface area contributed by atoms with E-state index in [1.165, 1.54) is 6.92 Å². The predicted octanol–water partition coefficient (Wildman–Crippen LogP) is -3.66. The van der Waals surface area contributed by atoms with Crippen molar-refractivity contribution in [1.82, 2.24) is 0 Å². The molecule has 0 fully saturated rings. The van der Waals surface area contributed by atoms with Crippen LogP contribution in [0.2, 0.25) is 0 Å². The van der Waals surface area contributed by atoms with Crippen LogP contribution in [0, 0.1) is 0 Å². The summed E-state index contributed by atoms with van der Waals surface area (Å²) < 4.78 is 0. The Morgan fingerprint density at radius 2 is 1.47 bits per heavy atom. The number of aliphatic hydroxyl groups is 5. The van der Waals surface area contributed by atoms with Crippen molar-refractivity contribution in [2.75, 3.05) is 0 Å². The minimum Gasteiger partial charge on any atom is -0.392 e. The molecule has 0 aromatic heterocycles. The second-order valence-electron chi connectivity index (χ2n) is 3.42. The van der Waals surface area contributed by atoms with Gasteiger partial charge in [0.1, 0.15) is 24.4 Å². The first-order chi connectivity index (χ1) is 6.82. The number of hydrogen-bond donors (Lipinski definition) is 6. The van der Waals surface area contributed by atoms with Gasteiger partial charge in [0.15, 0.2) is 6.29 Å². The molecular weight excluding hydrogens is 206 g/mol. The summed E-state index contributed by atoms with van der Waals surface area (Å²) in [7, 11) is 0. The highest BCUT2D eigenvalue weighted by atomic mass is 16.4. The van der Waals surface area contributed by atoms with Crippen LogP contribution in [0.4, 0.5) is 0 Å². The Hall–Kier alpha value is -0.570. The summed E-state index contributed by atoms with van der Waals surface area (Å²) in [6.07, 6.45) is -8.19. The second-order valence-corrected chi connectivity index (χ2v) is 3.42. The van der Waals surface area contributed by atoms with E-state index in [9.17, 15) is 15.0 Å². The van der Waals surface area contributed by atoms with Gasteiger partial charge in [-0.1, -0.05) is 0 Å². The van der Waals surface area contributed by atoms with E-state index in [1.54, 1.807) is 0 Å². The van der Waals surface area contributed by atoms with E-state index in [0.717, 1.165) is 0 Å². The van der Waals surface area contributed by atoms with Crippen molar-refractivity contribution in [1.29, 1.82) is 0 Å². The first kappa shape index (κ1) is 14.4. The monoisotopic (exact) mass is 223 g/mol. The molecular formula is C8H17NO6. The summed E-state index contributed by atoms with van der Waals surface area (Å²) in [4.78, 5) is 10.1. The molecule has 0 rings (SSSR count). The lowest BCUT2D eigenvalue weighted by atomic mass is 9.96. The van der Waals surface area contributed by atoms with Gasteiger partial charge in [-0.2, -0.15) is 0 Å². The van der Waals surface area contributed by atoms with Crippen molar-refractivity contribution < 1.29 is 30.3 Å². The van der Waals surface area contributed by atoms with Gasteiger partial charge in [-0.25, -0.2) is 0 Å². The van der Waals surface area contributed by atoms with Gasteiger partial charge in [0, 0.05) is 0 Å². The average molecular weight is 223 g/mol. The molecule has 0 aliphatic rings. The number of carbonyl (C=O) groups excluding carboxylic acids is 1. The number of aliphatic hydroxyl groups excluding tert-OH is 5. The molecule has 0 aromatic rings. The lowest BCUT2D eigenvalue weighted by molar-refractivity contribution is -0.137. The molecule has 90 valence electrons. The molecule has 0 spiro atoms. The highest BCUT2D eigenvalue weighted by molar-refractivity contribution is 5.56. The van der Waals surface area contributed by atoms with Gasteiger partial charge in [-0.15, -0.1) is 0 Å². The molecule has 0 aliphatic heterocycles. The smallest absolute Gasteiger partial charge is 0.151 e. The Labute approximate surface area is 86.8 Å². The third-order valence-corrected chi connectivity index (χ3v) is 2.14. The largest absolute Gasteiger partial charge is 0.392 e. The Bertz CT molecular complexity index is 200. The topological polar surface area (TPSA) is 144 Å². The Morgan fingerprint density at radius 1 is 1.00 bits per heavy atom. The fourth-order valence-electron chi connectivity index (χ4n) is 0.998. The summed E-state index contributed by atoms with van der Waals surface area (Å²) in [5, 5.41) is 45.7. The molecule has 6 atom stereocenters. The molecule has 0 saturated heterocycles. The quantitative estimate of drug-likeness (QED) is 0.254. The van der Waals surface area contributed by atoms with Crippen LogP contribution in [0.25, 0.3) is 0 Å². The summed E-state index contributed by atoms with van der Waals surface area (Å²) in [5.41, 5.74) is 5.30. The van der Waals surface area contributed by atoms with Crippen LogP contribution in [0.15, 0.2) is 0 Å². The van der Waals surface area contributed by atoms with Crippen LogP contribution in [-0.2, 0) is 4.79 Å². The van der Waals surface area contributed by atoms with E-state index in [1.807, 2.05) is 0 Å². The normalized spacial score (nSPS) is 23.7. The zero-order chi connectivity index (χ0) is 12.2. The first-order valence-electron chi connectivity index (χ1n) is 4.44. The van der Waals surface area contributed by atoms with Gasteiger partial charge < -0.3 is 36.1 Å². The van der Waals surface area contributed by atoms with Gasteiger partial charge in [-0.05, 0) is 6.92 Å². The van der Waals surface area contributed by atoms with Crippen LogP contribution in [0.1, 0.15) is 6.92 Å². The summed E-state index contributed by atoms with van der Waals surface area (Å²) in [6, 6.07) is -1.19. The summed E-state index contributed by atoms with van der Waals surface area (Å²) >= 11 is 0. The minimum absolute atomic E-state index is 0.0223. The minimum atomic E-state index is -1.85. The molecule has 7 nitrogen and oxygen atoms in total. The van der Waals surface area contributed by atoms with E-state index in [4.69, 9.17) is 21.1 Å². The first-order valence-corrected chi connectivity index (χ1v) is 4.44. The number of nitrogens with two attached hydrogens (primary N) is 1. The van der Waals surface area contributed by atoms with Crippen LogP contribution >= 0.6 is 0 Å². The summed E-state index contributed by atoms with van der Waals surface area (Å²) in [5.74, 6) is 0. The van der Waals surface area contributed by atoms with E-state index in [2.05, 4.69) is 0 Å². The summed E-state index contributed by atoms with van der Waals surface area (Å²) in [6.45, 7) is 1.29. The maximum atomic E-state index is 10.1. The van der Waals surface area contributed by atoms with E-state index < -0.39 is 36.6 Å². The van der Waals surface area contributed by atoms with Gasteiger partial charge in [-0.3, -0.25) is 0 Å². The lowest BCUT2D eigenvalue weighted by Gasteiger charge is -2.29. The Kier molecular flexibility index (Phi) is 5.88. The van der Waals surface area contributed by atoms with E-state index in [-0.39, 0.29) is 6.29 Å². The highest BCUT2D eigenvalue weighted by Gasteiger charge is 2.34. The Morgan fingerprint density at radius 3 is 1.80 bits per heavy atom. The van der Waals surface area contributed by atoms with Crippen LogP contribution in [0.5, 0.6) is 0 Å². The third-order valence-electron chi connectivity index (χ3n) is 2.14. The van der Waals surface area contributed by atoms with Crippen molar-refractivity contribution in [3.63, 3.8) is 0 Å². The average Bonchev–Trinajstić information content (AvgIpc) is 2.23. The second kappa shape index (κ2) is 6.11. The predicted molar refractivity (Wildman–Crippen MR) is 49.7 cm³/mol. The van der Waals surface area contributed by atoms with Crippen molar-refractivity contribution >= 4 is 6.29 Å². The SMILES string of the molecule is CC(O)C(N)C(O)C(O)C(O)C(O)C=O. The fourth-order valence-corrected chi connectivity index (χ4v) is 0.998. The maximum absolute atomic E-state index is 10.1. The molecule has 0 aliphatic carbocycles. The van der Waals surface area contributed by atoms with Crippen molar-refractivity contribution in [2.24, 2.45) is 5.73 Å². The number of hydrogen-bond acceptors (Lipinski definition) is 7. The molecule has 7 heteroatoms. The molecule has 0 radical (unpaired) electrons. The van der Waals surface area contributed by atoms with Crippen molar-refractivity contribution in [2.45, 2.75) is 43.5 Å². The van der Waals surface area contributed by atoms with Gasteiger partial charge in [0.2, 0.25) is 0 Å². The van der Waals surface area contributed by atoms with Crippen LogP contribution in [0.3, 0.4) is 0 Å². The van der Waals surface area contributed by atoms with Crippen LogP contribution < -0.4 is 5.73 Å². The zero-order valence-electron chi connectivity index (χ0n) is 8.26. The highest BCUT2D eigenvalue weighted by Crippen LogP contribution is 2.08. The number of carbonyl (C=O) groups is 1. The third kappa shape index (κ3) is 3.82.